The summed E-state index contributed by atoms with van der Waals surface area (Å²) in [6.07, 6.45) is 2.14. The quantitative estimate of drug-likeness (QED) is 0.518. The summed E-state index contributed by atoms with van der Waals surface area (Å²) >= 11 is 0. The Hall–Kier alpha value is -1.92. The fraction of sp³-hybridized carbons (Fsp3) is 0.273. The lowest BCUT2D eigenvalue weighted by molar-refractivity contribution is 0.404. The Balaban J connectivity index is 2.18. The number of ether oxygens (including phenoxy) is 1. The maximum Gasteiger partial charge on any atom is 0.143 e. The number of H-pyrrole nitrogens is 1. The van der Waals surface area contributed by atoms with Gasteiger partial charge in [0.05, 0.1) is 13.2 Å². The summed E-state index contributed by atoms with van der Waals surface area (Å²) in [6.45, 7) is 0. The van der Waals surface area contributed by atoms with Gasteiger partial charge in [0.25, 0.3) is 0 Å². The number of aromatic amines is 1. The molecule has 6 heteroatoms. The van der Waals surface area contributed by atoms with E-state index in [-0.39, 0.29) is 6.04 Å². The van der Waals surface area contributed by atoms with Crippen LogP contribution in [-0.4, -0.2) is 22.3 Å². The second kappa shape index (κ2) is 5.42. The van der Waals surface area contributed by atoms with Crippen LogP contribution in [0.1, 0.15) is 17.4 Å². The van der Waals surface area contributed by atoms with Crippen LogP contribution in [-0.2, 0) is 6.42 Å². The van der Waals surface area contributed by atoms with Crippen molar-refractivity contribution in [3.63, 3.8) is 0 Å². The first kappa shape index (κ1) is 11.6. The molecule has 0 bridgehead atoms. The number of nitrogens with one attached hydrogen (secondary N) is 2. The van der Waals surface area contributed by atoms with E-state index >= 15 is 0 Å². The van der Waals surface area contributed by atoms with Gasteiger partial charge in [0, 0.05) is 0 Å². The van der Waals surface area contributed by atoms with Crippen molar-refractivity contribution < 1.29 is 4.74 Å². The summed E-state index contributed by atoms with van der Waals surface area (Å²) in [4.78, 5) is 4.09. The minimum Gasteiger partial charge on any atom is -0.496 e. The van der Waals surface area contributed by atoms with Gasteiger partial charge in [0.1, 0.15) is 17.9 Å². The normalized spacial score (nSPS) is 12.4. The summed E-state index contributed by atoms with van der Waals surface area (Å²) < 4.78 is 5.29. The number of hydrazine groups is 1. The van der Waals surface area contributed by atoms with Crippen LogP contribution in [0.25, 0.3) is 0 Å². The van der Waals surface area contributed by atoms with Gasteiger partial charge in [-0.15, -0.1) is 0 Å². The van der Waals surface area contributed by atoms with Gasteiger partial charge in [-0.3, -0.25) is 10.9 Å². The van der Waals surface area contributed by atoms with Crippen molar-refractivity contribution in [3.8, 4) is 5.75 Å². The van der Waals surface area contributed by atoms with Crippen LogP contribution in [0.4, 0.5) is 0 Å². The van der Waals surface area contributed by atoms with E-state index in [1.807, 2.05) is 24.3 Å². The SMILES string of the molecule is COc1ccccc1CC(NN)c1ncn[nH]1. The molecule has 0 radical (unpaired) electrons. The van der Waals surface area contributed by atoms with Gasteiger partial charge < -0.3 is 4.74 Å². The van der Waals surface area contributed by atoms with Gasteiger partial charge in [0.15, 0.2) is 0 Å². The average molecular weight is 233 g/mol. The van der Waals surface area contributed by atoms with Gasteiger partial charge >= 0.3 is 0 Å². The van der Waals surface area contributed by atoms with Crippen molar-refractivity contribution >= 4 is 0 Å². The fourth-order valence-electron chi connectivity index (χ4n) is 1.71. The van der Waals surface area contributed by atoms with Crippen molar-refractivity contribution in [2.75, 3.05) is 7.11 Å². The zero-order valence-corrected chi connectivity index (χ0v) is 9.55. The van der Waals surface area contributed by atoms with E-state index in [9.17, 15) is 0 Å². The highest BCUT2D eigenvalue weighted by atomic mass is 16.5. The second-order valence-electron chi connectivity index (χ2n) is 3.61. The molecule has 1 unspecified atom stereocenters. The van der Waals surface area contributed by atoms with Gasteiger partial charge in [-0.25, -0.2) is 10.4 Å². The third-order valence-corrected chi connectivity index (χ3v) is 2.58. The first-order valence-corrected chi connectivity index (χ1v) is 5.28. The van der Waals surface area contributed by atoms with Crippen LogP contribution in [0.5, 0.6) is 5.75 Å². The van der Waals surface area contributed by atoms with Gasteiger partial charge in [-0.1, -0.05) is 18.2 Å². The molecule has 1 heterocycles. The van der Waals surface area contributed by atoms with E-state index in [2.05, 4.69) is 20.6 Å². The Morgan fingerprint density at radius 2 is 2.29 bits per heavy atom. The predicted octanol–water partition coefficient (Wildman–Crippen LogP) is 0.560. The minimum atomic E-state index is -0.117. The molecule has 90 valence electrons. The van der Waals surface area contributed by atoms with Crippen LogP contribution in [0.15, 0.2) is 30.6 Å². The molecule has 0 saturated heterocycles. The maximum absolute atomic E-state index is 5.52. The van der Waals surface area contributed by atoms with Crippen LogP contribution < -0.4 is 16.0 Å². The molecule has 1 aromatic heterocycles. The first-order chi connectivity index (χ1) is 8.35. The molecule has 0 spiro atoms. The van der Waals surface area contributed by atoms with Crippen LogP contribution in [0.3, 0.4) is 0 Å². The molecule has 2 rings (SSSR count). The summed E-state index contributed by atoms with van der Waals surface area (Å²) in [6, 6.07) is 7.70. The minimum absolute atomic E-state index is 0.117. The van der Waals surface area contributed by atoms with E-state index in [1.54, 1.807) is 7.11 Å². The van der Waals surface area contributed by atoms with E-state index in [0.29, 0.717) is 12.2 Å². The van der Waals surface area contributed by atoms with Crippen molar-refractivity contribution in [2.24, 2.45) is 5.84 Å². The number of benzene rings is 1. The van der Waals surface area contributed by atoms with E-state index in [0.717, 1.165) is 11.3 Å². The molecule has 2 aromatic rings. The molecule has 0 saturated carbocycles. The highest BCUT2D eigenvalue weighted by molar-refractivity contribution is 5.34. The first-order valence-electron chi connectivity index (χ1n) is 5.28. The topological polar surface area (TPSA) is 88.8 Å². The molecule has 1 atom stereocenters. The highest BCUT2D eigenvalue weighted by Crippen LogP contribution is 2.22. The number of aromatic nitrogens is 3. The third kappa shape index (κ3) is 2.61. The summed E-state index contributed by atoms with van der Waals surface area (Å²) in [5.74, 6) is 7.07. The number of nitrogens with two attached hydrogens (primary N) is 1. The Labute approximate surface area is 99.2 Å². The zero-order valence-electron chi connectivity index (χ0n) is 9.55. The molecule has 4 N–H and O–H groups in total. The summed E-state index contributed by atoms with van der Waals surface area (Å²) in [5, 5.41) is 6.61. The lowest BCUT2D eigenvalue weighted by Gasteiger charge is -2.15. The molecule has 17 heavy (non-hydrogen) atoms. The average Bonchev–Trinajstić information content (AvgIpc) is 2.90. The number of methoxy groups -OCH3 is 1. The third-order valence-electron chi connectivity index (χ3n) is 2.58. The van der Waals surface area contributed by atoms with Gasteiger partial charge in [-0.2, -0.15) is 5.10 Å². The van der Waals surface area contributed by atoms with Crippen molar-refractivity contribution in [1.82, 2.24) is 20.6 Å². The van der Waals surface area contributed by atoms with E-state index in [4.69, 9.17) is 10.6 Å². The molecule has 0 fully saturated rings. The smallest absolute Gasteiger partial charge is 0.143 e. The molecular weight excluding hydrogens is 218 g/mol. The Bertz CT molecular complexity index is 457. The predicted molar refractivity (Wildman–Crippen MR) is 63.1 cm³/mol. The lowest BCUT2D eigenvalue weighted by Crippen LogP contribution is -2.30. The summed E-state index contributed by atoms with van der Waals surface area (Å²) in [5.41, 5.74) is 3.78. The van der Waals surface area contributed by atoms with Crippen molar-refractivity contribution in [2.45, 2.75) is 12.5 Å². The number of para-hydroxylation sites is 1. The number of rotatable bonds is 5. The Morgan fingerprint density at radius 3 is 2.94 bits per heavy atom. The zero-order chi connectivity index (χ0) is 12.1. The maximum atomic E-state index is 5.52. The number of nitrogens with zero attached hydrogens (tertiary/aromatic N) is 2. The Morgan fingerprint density at radius 1 is 1.47 bits per heavy atom. The van der Waals surface area contributed by atoms with E-state index < -0.39 is 0 Å². The lowest BCUT2D eigenvalue weighted by atomic mass is 10.0. The summed E-state index contributed by atoms with van der Waals surface area (Å²) in [7, 11) is 1.65. The fourth-order valence-corrected chi connectivity index (χ4v) is 1.71. The molecule has 0 aliphatic rings. The molecule has 0 aliphatic carbocycles. The Kier molecular flexibility index (Phi) is 3.69. The largest absolute Gasteiger partial charge is 0.496 e. The molecule has 6 nitrogen and oxygen atoms in total. The molecule has 1 aromatic carbocycles. The molecular formula is C11H15N5O. The van der Waals surface area contributed by atoms with E-state index in [1.165, 1.54) is 6.33 Å². The van der Waals surface area contributed by atoms with Crippen molar-refractivity contribution in [1.29, 1.82) is 0 Å². The van der Waals surface area contributed by atoms with Gasteiger partial charge in [-0.05, 0) is 18.1 Å². The van der Waals surface area contributed by atoms with Crippen LogP contribution in [0.2, 0.25) is 0 Å². The highest BCUT2D eigenvalue weighted by Gasteiger charge is 2.15. The van der Waals surface area contributed by atoms with Crippen LogP contribution in [0, 0.1) is 0 Å². The molecule has 0 aliphatic heterocycles. The molecule has 0 amide bonds. The van der Waals surface area contributed by atoms with Crippen molar-refractivity contribution in [3.05, 3.63) is 42.0 Å². The number of hydrogen-bond donors (Lipinski definition) is 3. The monoisotopic (exact) mass is 233 g/mol. The standard InChI is InChI=1S/C11H15N5O/c1-17-10-5-3-2-4-8(10)6-9(15-12)11-13-7-14-16-11/h2-5,7,9,15H,6,12H2,1H3,(H,13,14,16). The van der Waals surface area contributed by atoms with Gasteiger partial charge in [0.2, 0.25) is 0 Å². The number of hydrogen-bond acceptors (Lipinski definition) is 5. The van der Waals surface area contributed by atoms with Crippen LogP contribution >= 0.6 is 0 Å². The second-order valence-corrected chi connectivity index (χ2v) is 3.61.